The van der Waals surface area contributed by atoms with Gasteiger partial charge in [0, 0.05) is 6.07 Å². The van der Waals surface area contributed by atoms with Crippen LogP contribution >= 0.6 is 11.3 Å². The molecule has 0 spiro atoms. The van der Waals surface area contributed by atoms with Crippen molar-refractivity contribution in [1.82, 2.24) is 4.98 Å². The Hall–Kier alpha value is -3.01. The van der Waals surface area contributed by atoms with E-state index in [9.17, 15) is 28.1 Å². The van der Waals surface area contributed by atoms with E-state index in [0.29, 0.717) is 5.52 Å². The molecule has 0 N–H and O–H groups in total. The van der Waals surface area contributed by atoms with E-state index in [-0.39, 0.29) is 33.2 Å². The van der Waals surface area contributed by atoms with Crippen LogP contribution in [0.1, 0.15) is 21.5 Å². The predicted octanol–water partition coefficient (Wildman–Crippen LogP) is 4.38. The highest BCUT2D eigenvalue weighted by atomic mass is 32.1. The second-order valence-electron chi connectivity index (χ2n) is 5.63. The fourth-order valence-electron chi connectivity index (χ4n) is 2.85. The Balaban J connectivity index is 1.76. The highest BCUT2D eigenvalue weighted by Crippen LogP contribution is 2.39. The van der Waals surface area contributed by atoms with Gasteiger partial charge in [-0.15, -0.1) is 0 Å². The van der Waals surface area contributed by atoms with Gasteiger partial charge in [0.1, 0.15) is 0 Å². The van der Waals surface area contributed by atoms with E-state index in [0.717, 1.165) is 23.5 Å². The Bertz CT molecular complexity index is 1080. The first-order valence-electron chi connectivity index (χ1n) is 7.31. The highest BCUT2D eigenvalue weighted by Gasteiger charge is 2.36. The summed E-state index contributed by atoms with van der Waals surface area (Å²) >= 11 is 0.938. The summed E-state index contributed by atoms with van der Waals surface area (Å²) in [5.74, 6) is -0.459. The highest BCUT2D eigenvalue weighted by molar-refractivity contribution is 7.22. The molecule has 132 valence electrons. The smallest absolute Gasteiger partial charge is 0.279 e. The molecule has 0 bridgehead atoms. The number of carbonyl (C=O) groups is 1. The van der Waals surface area contributed by atoms with Crippen LogP contribution in [0.5, 0.6) is 0 Å². The van der Waals surface area contributed by atoms with Crippen molar-refractivity contribution in [1.29, 1.82) is 0 Å². The minimum absolute atomic E-state index is 0.0444. The van der Waals surface area contributed by atoms with Gasteiger partial charge in [-0.25, -0.2) is 4.98 Å². The Morgan fingerprint density at radius 2 is 2.00 bits per heavy atom. The molecule has 0 saturated carbocycles. The normalized spacial score (nSPS) is 14.1. The van der Waals surface area contributed by atoms with Crippen LogP contribution in [0.3, 0.4) is 0 Å². The number of hydrogen-bond acceptors (Lipinski definition) is 5. The molecule has 0 unspecified atom stereocenters. The maximum Gasteiger partial charge on any atom is 0.416 e. The SMILES string of the molecule is O=C1c2cccc([N+](=O)[O-])c2CN1c1nc2ccc(C(F)(F)F)cc2s1. The Morgan fingerprint density at radius 1 is 1.23 bits per heavy atom. The van der Waals surface area contributed by atoms with Gasteiger partial charge in [-0.05, 0) is 24.3 Å². The first kappa shape index (κ1) is 16.5. The number of nitro benzene ring substituents is 1. The van der Waals surface area contributed by atoms with E-state index in [1.54, 1.807) is 0 Å². The Kier molecular flexibility index (Phi) is 3.48. The van der Waals surface area contributed by atoms with Gasteiger partial charge in [0.25, 0.3) is 11.6 Å². The summed E-state index contributed by atoms with van der Waals surface area (Å²) in [6.07, 6.45) is -4.47. The number of hydrogen-bond donors (Lipinski definition) is 0. The molecule has 1 aromatic heterocycles. The zero-order valence-corrected chi connectivity index (χ0v) is 13.6. The van der Waals surface area contributed by atoms with E-state index in [2.05, 4.69) is 4.98 Å². The molecule has 0 atom stereocenters. The van der Waals surface area contributed by atoms with Crippen LogP contribution in [0.25, 0.3) is 10.2 Å². The van der Waals surface area contributed by atoms with Crippen molar-refractivity contribution in [2.45, 2.75) is 12.7 Å². The summed E-state index contributed by atoms with van der Waals surface area (Å²) in [6.45, 7) is -0.0444. The topological polar surface area (TPSA) is 76.3 Å². The van der Waals surface area contributed by atoms with E-state index in [4.69, 9.17) is 0 Å². The molecule has 0 saturated heterocycles. The molecule has 0 fully saturated rings. The maximum atomic E-state index is 12.8. The van der Waals surface area contributed by atoms with E-state index in [1.807, 2.05) is 0 Å². The number of carbonyl (C=O) groups excluding carboxylic acids is 1. The molecule has 10 heteroatoms. The maximum absolute atomic E-state index is 12.8. The summed E-state index contributed by atoms with van der Waals surface area (Å²) < 4.78 is 38.8. The molecule has 1 amide bonds. The van der Waals surface area contributed by atoms with Gasteiger partial charge in [0.15, 0.2) is 5.13 Å². The van der Waals surface area contributed by atoms with Crippen LogP contribution < -0.4 is 4.90 Å². The lowest BCUT2D eigenvalue weighted by Crippen LogP contribution is -2.22. The van der Waals surface area contributed by atoms with Crippen molar-refractivity contribution in [3.63, 3.8) is 0 Å². The zero-order chi connectivity index (χ0) is 18.6. The molecule has 6 nitrogen and oxygen atoms in total. The van der Waals surface area contributed by atoms with Crippen molar-refractivity contribution < 1.29 is 22.9 Å². The van der Waals surface area contributed by atoms with Gasteiger partial charge in [-0.1, -0.05) is 17.4 Å². The van der Waals surface area contributed by atoms with Crippen LogP contribution in [-0.2, 0) is 12.7 Å². The quantitative estimate of drug-likeness (QED) is 0.489. The number of nitrogens with zero attached hydrogens (tertiary/aromatic N) is 3. The number of rotatable bonds is 2. The molecule has 2 heterocycles. The third-order valence-electron chi connectivity index (χ3n) is 4.08. The number of aromatic nitrogens is 1. The molecule has 26 heavy (non-hydrogen) atoms. The van der Waals surface area contributed by atoms with Crippen LogP contribution in [-0.4, -0.2) is 15.8 Å². The summed E-state index contributed by atoms with van der Waals surface area (Å²) in [5, 5.41) is 11.3. The number of anilines is 1. The number of alkyl halides is 3. The number of nitro groups is 1. The van der Waals surface area contributed by atoms with Gasteiger partial charge in [-0.3, -0.25) is 19.8 Å². The monoisotopic (exact) mass is 379 g/mol. The first-order chi connectivity index (χ1) is 12.3. The lowest BCUT2D eigenvalue weighted by molar-refractivity contribution is -0.385. The molecule has 4 rings (SSSR count). The molecular formula is C16H8F3N3O3S. The second kappa shape index (κ2) is 5.49. The minimum atomic E-state index is -4.47. The number of amides is 1. The number of benzene rings is 2. The van der Waals surface area contributed by atoms with Crippen molar-refractivity contribution in [3.05, 3.63) is 63.2 Å². The van der Waals surface area contributed by atoms with Gasteiger partial charge >= 0.3 is 6.18 Å². The van der Waals surface area contributed by atoms with E-state index < -0.39 is 22.6 Å². The van der Waals surface area contributed by atoms with Gasteiger partial charge in [0.05, 0.1) is 38.4 Å². The van der Waals surface area contributed by atoms with E-state index >= 15 is 0 Å². The molecular weight excluding hydrogens is 371 g/mol. The predicted molar refractivity (Wildman–Crippen MR) is 88.2 cm³/mol. The molecule has 1 aliphatic rings. The molecule has 0 aliphatic carbocycles. The summed E-state index contributed by atoms with van der Waals surface area (Å²) in [5.41, 5.74) is -0.158. The molecule has 0 radical (unpaired) electrons. The van der Waals surface area contributed by atoms with Gasteiger partial charge in [-0.2, -0.15) is 13.2 Å². The second-order valence-corrected chi connectivity index (χ2v) is 6.64. The van der Waals surface area contributed by atoms with Crippen molar-refractivity contribution in [2.24, 2.45) is 0 Å². The lowest BCUT2D eigenvalue weighted by atomic mass is 10.1. The van der Waals surface area contributed by atoms with Crippen molar-refractivity contribution in [3.8, 4) is 0 Å². The average molecular weight is 379 g/mol. The third-order valence-corrected chi connectivity index (χ3v) is 5.12. The summed E-state index contributed by atoms with van der Waals surface area (Å²) in [6, 6.07) is 7.37. The average Bonchev–Trinajstić information content (AvgIpc) is 3.14. The Morgan fingerprint density at radius 3 is 2.69 bits per heavy atom. The molecule has 1 aliphatic heterocycles. The third kappa shape index (κ3) is 2.49. The van der Waals surface area contributed by atoms with Gasteiger partial charge < -0.3 is 0 Å². The molecule has 3 aromatic rings. The number of fused-ring (bicyclic) bond motifs is 2. The van der Waals surface area contributed by atoms with Crippen LogP contribution in [0.2, 0.25) is 0 Å². The van der Waals surface area contributed by atoms with Crippen molar-refractivity contribution >= 4 is 38.3 Å². The largest absolute Gasteiger partial charge is 0.416 e. The first-order valence-corrected chi connectivity index (χ1v) is 8.13. The van der Waals surface area contributed by atoms with Crippen molar-refractivity contribution in [2.75, 3.05) is 4.90 Å². The van der Waals surface area contributed by atoms with Crippen LogP contribution in [0.4, 0.5) is 24.0 Å². The minimum Gasteiger partial charge on any atom is -0.279 e. The standard InChI is InChI=1S/C16H8F3N3O3S/c17-16(18,19)8-4-5-11-13(6-8)26-15(20-11)21-7-10-9(14(21)23)2-1-3-12(10)22(24)25/h1-6H,7H2. The molecule has 2 aromatic carbocycles. The number of thiazole rings is 1. The summed E-state index contributed by atoms with van der Waals surface area (Å²) in [4.78, 5) is 28.6. The zero-order valence-electron chi connectivity index (χ0n) is 12.8. The van der Waals surface area contributed by atoms with E-state index in [1.165, 1.54) is 29.2 Å². The number of halogens is 3. The fourth-order valence-corrected chi connectivity index (χ4v) is 3.85. The lowest BCUT2D eigenvalue weighted by Gasteiger charge is -2.10. The van der Waals surface area contributed by atoms with Crippen LogP contribution in [0, 0.1) is 10.1 Å². The Labute approximate surface area is 147 Å². The fraction of sp³-hybridized carbons (Fsp3) is 0.125. The summed E-state index contributed by atoms with van der Waals surface area (Å²) in [7, 11) is 0. The van der Waals surface area contributed by atoms with Crippen LogP contribution in [0.15, 0.2) is 36.4 Å². The van der Waals surface area contributed by atoms with Gasteiger partial charge in [0.2, 0.25) is 0 Å².